The molecule has 0 saturated heterocycles. The molecule has 0 amide bonds. The highest BCUT2D eigenvalue weighted by Crippen LogP contribution is 2.48. The van der Waals surface area contributed by atoms with Crippen LogP contribution in [0.1, 0.15) is 218 Å². The number of rotatable bonds is 3. The van der Waals surface area contributed by atoms with Crippen LogP contribution in [0.4, 0.5) is 28.4 Å². The van der Waals surface area contributed by atoms with E-state index in [1.807, 2.05) is 0 Å². The lowest BCUT2D eigenvalue weighted by Gasteiger charge is -2.46. The average molecular weight is 889 g/mol. The van der Waals surface area contributed by atoms with Crippen molar-refractivity contribution in [2.75, 3.05) is 9.80 Å². The number of nitrogens with zero attached hydrogens (tertiary/aromatic N) is 2. The lowest BCUT2D eigenvalue weighted by Crippen LogP contribution is -2.62. The molecule has 4 aromatic carbocycles. The number of benzene rings is 4. The first-order chi connectivity index (χ1) is 33.2. The molecule has 2 fully saturated rings. The highest BCUT2D eigenvalue weighted by Gasteiger charge is 2.45. The number of aryl methyl sites for hydroxylation is 6. The van der Waals surface area contributed by atoms with Crippen LogP contribution in [0, 0.1) is 11.8 Å². The van der Waals surface area contributed by atoms with Gasteiger partial charge in [-0.3, -0.25) is 0 Å². The van der Waals surface area contributed by atoms with Crippen LogP contribution < -0.4 is 26.2 Å². The smallest absolute Gasteiger partial charge is 0.252 e. The predicted octanol–water partition coefficient (Wildman–Crippen LogP) is 16.1. The van der Waals surface area contributed by atoms with E-state index in [9.17, 15) is 0 Å². The van der Waals surface area contributed by atoms with E-state index < -0.39 is 0 Å². The third kappa shape index (κ3) is 8.95. The molecule has 2 aliphatic heterocycles. The van der Waals surface area contributed by atoms with E-state index in [4.69, 9.17) is 0 Å². The van der Waals surface area contributed by atoms with Gasteiger partial charge in [-0.15, -0.1) is 0 Å². The SMILES string of the molecule is C1=CC2CCCCCCCC2C=C1N1c2cc3c(cc2B2c4cc5c(cc4N(c4ccc6c(c4)CCCCCCC6)c4cc(C6CCCCC6)cc1c42)CCCCCCC5)CCCCCCC3. The quantitative estimate of drug-likeness (QED) is 0.167. The molecule has 2 heterocycles. The van der Waals surface area contributed by atoms with E-state index in [1.165, 1.54) is 246 Å². The van der Waals surface area contributed by atoms with Crippen LogP contribution in [0.3, 0.4) is 0 Å². The fraction of sp³-hybridized carbons (Fsp3) is 0.562. The van der Waals surface area contributed by atoms with E-state index in [-0.39, 0.29) is 6.71 Å². The minimum absolute atomic E-state index is 0.220. The molecule has 0 aromatic heterocycles. The summed E-state index contributed by atoms with van der Waals surface area (Å²) < 4.78 is 0. The van der Waals surface area contributed by atoms with Crippen LogP contribution in [0.15, 0.2) is 78.5 Å². The van der Waals surface area contributed by atoms with Crippen molar-refractivity contribution in [2.24, 2.45) is 11.8 Å². The van der Waals surface area contributed by atoms with Crippen LogP contribution in [0.2, 0.25) is 0 Å². The molecule has 6 aliphatic carbocycles. The number of anilines is 5. The minimum Gasteiger partial charge on any atom is -0.312 e. The Morgan fingerprint density at radius 3 is 1.42 bits per heavy atom. The Balaban J connectivity index is 1.13. The summed E-state index contributed by atoms with van der Waals surface area (Å²) in [6, 6.07) is 24.5. The summed E-state index contributed by atoms with van der Waals surface area (Å²) in [5, 5.41) is 0. The van der Waals surface area contributed by atoms with Gasteiger partial charge in [0.15, 0.2) is 0 Å². The molecule has 8 aliphatic rings. The first-order valence-electron chi connectivity index (χ1n) is 28.9. The van der Waals surface area contributed by atoms with Crippen molar-refractivity contribution in [3.63, 3.8) is 0 Å². The van der Waals surface area contributed by atoms with Crippen molar-refractivity contribution < 1.29 is 0 Å². The van der Waals surface area contributed by atoms with Gasteiger partial charge in [0, 0.05) is 34.1 Å². The van der Waals surface area contributed by atoms with E-state index in [2.05, 4.69) is 82.6 Å². The van der Waals surface area contributed by atoms with Gasteiger partial charge >= 0.3 is 0 Å². The minimum atomic E-state index is 0.220. The standard InChI is InChI=1S/C64H81BN2/c1-5-14-26-47-34-36-56(38-49(47)28-16-7-1)66-60-42-53-32-20-11-3-9-18-30-51(53)40-58(60)65-59-41-52-31-19-10-4-12-21-33-54(52)43-61(59)67(57-37-35-48-27-15-6-2-8-17-29-50(48)39-57)63-45-55(44-62(66)64(63)65)46-24-22-13-23-25-46/h34-47,49H,1-33H2. The zero-order chi connectivity index (χ0) is 44.5. The molecule has 2 nitrogen and oxygen atoms in total. The molecule has 0 N–H and O–H groups in total. The maximum absolute atomic E-state index is 2.88. The van der Waals surface area contributed by atoms with Crippen molar-refractivity contribution in [1.29, 1.82) is 0 Å². The summed E-state index contributed by atoms with van der Waals surface area (Å²) in [6.07, 6.45) is 52.1. The second-order valence-electron chi connectivity index (χ2n) is 23.2. The van der Waals surface area contributed by atoms with Crippen LogP contribution in [-0.2, 0) is 38.5 Å². The Labute approximate surface area is 406 Å². The molecule has 2 atom stereocenters. The zero-order valence-electron chi connectivity index (χ0n) is 41.5. The molecule has 3 heteroatoms. The van der Waals surface area contributed by atoms with Crippen molar-refractivity contribution >= 4 is 51.5 Å². The van der Waals surface area contributed by atoms with E-state index in [0.717, 1.165) is 0 Å². The van der Waals surface area contributed by atoms with Crippen LogP contribution in [0.5, 0.6) is 0 Å². The van der Waals surface area contributed by atoms with Crippen LogP contribution in [0.25, 0.3) is 0 Å². The lowest BCUT2D eigenvalue weighted by molar-refractivity contribution is 0.406. The zero-order valence-corrected chi connectivity index (χ0v) is 41.5. The second kappa shape index (κ2) is 20.2. The molecule has 0 bridgehead atoms. The first kappa shape index (κ1) is 44.2. The highest BCUT2D eigenvalue weighted by atomic mass is 15.2. The second-order valence-corrected chi connectivity index (χ2v) is 23.2. The maximum atomic E-state index is 2.88. The van der Waals surface area contributed by atoms with Gasteiger partial charge in [-0.1, -0.05) is 140 Å². The molecule has 12 rings (SSSR count). The number of fused-ring (bicyclic) bond motifs is 8. The first-order valence-corrected chi connectivity index (χ1v) is 28.9. The Kier molecular flexibility index (Phi) is 13.3. The molecule has 67 heavy (non-hydrogen) atoms. The third-order valence-corrected chi connectivity index (χ3v) is 18.7. The summed E-state index contributed by atoms with van der Waals surface area (Å²) in [7, 11) is 0. The number of hydrogen-bond acceptors (Lipinski definition) is 2. The van der Waals surface area contributed by atoms with Crippen LogP contribution >= 0.6 is 0 Å². The number of allylic oxidation sites excluding steroid dienone is 3. The summed E-state index contributed by atoms with van der Waals surface area (Å²) in [6.45, 7) is 0.220. The normalized spacial score (nSPS) is 23.8. The third-order valence-electron chi connectivity index (χ3n) is 18.7. The molecule has 0 radical (unpaired) electrons. The fourth-order valence-electron chi connectivity index (χ4n) is 15.0. The van der Waals surface area contributed by atoms with Gasteiger partial charge in [0.1, 0.15) is 0 Å². The molecular formula is C64H81BN2. The molecule has 2 unspecified atom stereocenters. The van der Waals surface area contributed by atoms with Gasteiger partial charge in [0.05, 0.1) is 0 Å². The lowest BCUT2D eigenvalue weighted by atomic mass is 9.33. The van der Waals surface area contributed by atoms with Crippen molar-refractivity contribution in [1.82, 2.24) is 0 Å². The summed E-state index contributed by atoms with van der Waals surface area (Å²) >= 11 is 0. The Morgan fingerprint density at radius 2 is 0.821 bits per heavy atom. The Morgan fingerprint density at radius 1 is 0.373 bits per heavy atom. The van der Waals surface area contributed by atoms with Crippen molar-refractivity contribution in [3.8, 4) is 0 Å². The Bertz CT molecular complexity index is 2480. The topological polar surface area (TPSA) is 6.48 Å². The molecular weight excluding hydrogens is 808 g/mol. The summed E-state index contributed by atoms with van der Waals surface area (Å²) in [4.78, 5) is 5.74. The van der Waals surface area contributed by atoms with Crippen molar-refractivity contribution in [3.05, 3.63) is 117 Å². The molecule has 2 saturated carbocycles. The van der Waals surface area contributed by atoms with Gasteiger partial charge < -0.3 is 9.80 Å². The predicted molar refractivity (Wildman–Crippen MR) is 288 cm³/mol. The van der Waals surface area contributed by atoms with E-state index >= 15 is 0 Å². The Hall–Kier alpha value is -3.98. The van der Waals surface area contributed by atoms with Crippen LogP contribution in [-0.4, -0.2) is 6.71 Å². The number of hydrogen-bond donors (Lipinski definition) is 0. The maximum Gasteiger partial charge on any atom is 0.252 e. The van der Waals surface area contributed by atoms with Gasteiger partial charge in [0.2, 0.25) is 0 Å². The van der Waals surface area contributed by atoms with Gasteiger partial charge in [-0.25, -0.2) is 0 Å². The van der Waals surface area contributed by atoms with Gasteiger partial charge in [-0.2, -0.15) is 0 Å². The van der Waals surface area contributed by atoms with Crippen molar-refractivity contribution in [2.45, 2.75) is 218 Å². The monoisotopic (exact) mass is 889 g/mol. The summed E-state index contributed by atoms with van der Waals surface area (Å²) in [5.41, 5.74) is 25.0. The molecule has 0 spiro atoms. The van der Waals surface area contributed by atoms with Gasteiger partial charge in [0.25, 0.3) is 6.71 Å². The largest absolute Gasteiger partial charge is 0.312 e. The molecule has 4 aromatic rings. The fourth-order valence-corrected chi connectivity index (χ4v) is 15.0. The average Bonchev–Trinajstić information content (AvgIpc) is 3.68. The molecule has 350 valence electrons. The summed E-state index contributed by atoms with van der Waals surface area (Å²) in [5.74, 6) is 1.92. The van der Waals surface area contributed by atoms with E-state index in [0.29, 0.717) is 17.8 Å². The van der Waals surface area contributed by atoms with E-state index in [1.54, 1.807) is 55.3 Å². The highest BCUT2D eigenvalue weighted by molar-refractivity contribution is 7.00. The van der Waals surface area contributed by atoms with Gasteiger partial charge in [-0.05, 0) is 218 Å².